The second-order valence-electron chi connectivity index (χ2n) is 16.3. The van der Waals surface area contributed by atoms with E-state index < -0.39 is 8.32 Å². The molecule has 274 valence electrons. The summed E-state index contributed by atoms with van der Waals surface area (Å²) < 4.78 is 15.1. The van der Waals surface area contributed by atoms with Gasteiger partial charge in [0.2, 0.25) is 11.8 Å². The maximum atomic E-state index is 14.3. The number of hydrogen-bond donors (Lipinski definition) is 1. The number of allylic oxidation sites excluding steroid dienone is 1. The molecule has 3 aromatic rings. The highest BCUT2D eigenvalue weighted by Gasteiger charge is 2.59. The van der Waals surface area contributed by atoms with E-state index >= 15 is 0 Å². The van der Waals surface area contributed by atoms with E-state index in [1.54, 1.807) is 11.0 Å². The first-order chi connectivity index (χ1) is 25.0. The van der Waals surface area contributed by atoms with E-state index in [4.69, 9.17) is 9.16 Å². The highest BCUT2D eigenvalue weighted by atomic mass is 79.9. The maximum Gasteiger partial charge on any atom is 0.261 e. The Morgan fingerprint density at radius 1 is 0.942 bits per heavy atom. The molecule has 2 amide bonds. The quantitative estimate of drug-likeness (QED) is 0.127. The van der Waals surface area contributed by atoms with Gasteiger partial charge in [-0.05, 0) is 83.8 Å². The zero-order valence-corrected chi connectivity index (χ0v) is 33.5. The number of carbonyl (C=O) groups is 2. The minimum atomic E-state index is -2.87. The van der Waals surface area contributed by atoms with Crippen molar-refractivity contribution in [1.29, 1.82) is 0 Å². The molecule has 0 radical (unpaired) electrons. The molecule has 7 rings (SSSR count). The Bertz CT molecular complexity index is 1810. The lowest BCUT2D eigenvalue weighted by Gasteiger charge is -2.44. The predicted octanol–water partition coefficient (Wildman–Crippen LogP) is 8.56. The average Bonchev–Trinajstić information content (AvgIpc) is 3.67. The van der Waals surface area contributed by atoms with Crippen molar-refractivity contribution in [2.45, 2.75) is 96.2 Å². The molecule has 2 aliphatic heterocycles. The third kappa shape index (κ3) is 6.92. The normalized spacial score (nSPS) is 24.4. The molecule has 1 saturated carbocycles. The molecular weight excluding hydrogens is 730 g/mol. The van der Waals surface area contributed by atoms with Crippen LogP contribution in [0.2, 0.25) is 5.04 Å². The first-order valence-corrected chi connectivity index (χ1v) is 21.8. The van der Waals surface area contributed by atoms with Gasteiger partial charge in [-0.1, -0.05) is 128 Å². The summed E-state index contributed by atoms with van der Waals surface area (Å²) in [6.07, 6.45) is 9.03. The number of likely N-dealkylation sites (tertiary alicyclic amines) is 1. The molecule has 8 heteroatoms. The average molecular weight is 783 g/mol. The van der Waals surface area contributed by atoms with Crippen molar-refractivity contribution in [1.82, 2.24) is 4.90 Å². The fourth-order valence-electron chi connectivity index (χ4n) is 9.62. The Balaban J connectivity index is 1.25. The van der Waals surface area contributed by atoms with Crippen LogP contribution < -0.4 is 10.4 Å². The Kier molecular flexibility index (Phi) is 10.8. The van der Waals surface area contributed by atoms with Crippen LogP contribution in [-0.2, 0) is 18.8 Å². The number of phenolic OH excluding ortho intramolecular Hbond substituents is 1. The first-order valence-electron chi connectivity index (χ1n) is 19.1. The van der Waals surface area contributed by atoms with Gasteiger partial charge in [-0.25, -0.2) is 0 Å². The van der Waals surface area contributed by atoms with Gasteiger partial charge in [0, 0.05) is 22.0 Å². The zero-order valence-electron chi connectivity index (χ0n) is 30.9. The Hall–Kier alpha value is -3.30. The number of carbonyl (C=O) groups excluding carboxylic acids is 2. The van der Waals surface area contributed by atoms with Crippen molar-refractivity contribution in [3.8, 4) is 5.75 Å². The second kappa shape index (κ2) is 15.2. The fraction of sp³-hybridized carbons (Fsp3) is 0.455. The molecule has 0 spiro atoms. The molecule has 3 aromatic carbocycles. The molecule has 52 heavy (non-hydrogen) atoms. The highest BCUT2D eigenvalue weighted by molar-refractivity contribution is 9.10. The van der Waals surface area contributed by atoms with Crippen LogP contribution in [0.1, 0.15) is 84.6 Å². The van der Waals surface area contributed by atoms with E-state index in [2.05, 4.69) is 104 Å². The standard InChI is InChI=1S/C44H52BrNO5Si/c1-29(24-30-25-32(45)21-22-38(30)47)20-23-39-40-31(26-36-41(37(40)28-50-39)43(49)46(42(36)48)33-14-8-5-9-15-33)27-51-52(44(2,3)4,34-16-10-6-11-17-34)35-18-12-7-13-19-35/h6-7,10-13,16-19,21-22,24-25,33,36-37,39,41,47H,5,8-9,14-15,20,23,26-28H2,1-4H3/b29-24+/t36-,37+,39-,41-/m1/s1. The van der Waals surface area contributed by atoms with E-state index in [0.29, 0.717) is 19.6 Å². The van der Waals surface area contributed by atoms with Gasteiger partial charge in [0.25, 0.3) is 8.32 Å². The number of amides is 2. The van der Waals surface area contributed by atoms with Crippen molar-refractivity contribution < 1.29 is 23.9 Å². The summed E-state index contributed by atoms with van der Waals surface area (Å²) in [6.45, 7) is 9.80. The van der Waals surface area contributed by atoms with Gasteiger partial charge in [0.05, 0.1) is 31.2 Å². The number of halogens is 1. The molecule has 0 unspecified atom stereocenters. The maximum absolute atomic E-state index is 14.3. The Labute approximate surface area is 318 Å². The molecule has 0 aromatic heterocycles. The summed E-state index contributed by atoms with van der Waals surface area (Å²) in [6, 6.07) is 26.8. The molecule has 2 aliphatic carbocycles. The van der Waals surface area contributed by atoms with Crippen LogP contribution >= 0.6 is 15.9 Å². The van der Waals surface area contributed by atoms with Crippen LogP contribution in [0, 0.1) is 17.8 Å². The smallest absolute Gasteiger partial charge is 0.261 e. The second-order valence-corrected chi connectivity index (χ2v) is 21.6. The number of ether oxygens (including phenoxy) is 1. The van der Waals surface area contributed by atoms with Gasteiger partial charge in [-0.3, -0.25) is 14.5 Å². The molecule has 6 nitrogen and oxygen atoms in total. The number of aromatic hydroxyl groups is 1. The minimum absolute atomic E-state index is 0.0138. The van der Waals surface area contributed by atoms with Crippen LogP contribution in [0.5, 0.6) is 5.75 Å². The number of nitrogens with zero attached hydrogens (tertiary/aromatic N) is 1. The number of benzene rings is 3. The number of hydrogen-bond acceptors (Lipinski definition) is 5. The molecule has 1 N–H and O–H groups in total. The summed E-state index contributed by atoms with van der Waals surface area (Å²) in [5.74, 6) is -0.604. The molecule has 0 bridgehead atoms. The third-order valence-corrected chi connectivity index (χ3v) is 17.5. The minimum Gasteiger partial charge on any atom is -0.507 e. The van der Waals surface area contributed by atoms with E-state index in [9.17, 15) is 14.7 Å². The Morgan fingerprint density at radius 2 is 1.60 bits per heavy atom. The van der Waals surface area contributed by atoms with E-state index in [1.165, 1.54) is 22.4 Å². The molecule has 3 fully saturated rings. The zero-order chi connectivity index (χ0) is 36.6. The Morgan fingerprint density at radius 3 is 2.23 bits per heavy atom. The van der Waals surface area contributed by atoms with Gasteiger partial charge < -0.3 is 14.3 Å². The lowest BCUT2D eigenvalue weighted by molar-refractivity contribution is -0.143. The van der Waals surface area contributed by atoms with Crippen molar-refractivity contribution in [2.75, 3.05) is 13.2 Å². The summed E-state index contributed by atoms with van der Waals surface area (Å²) >= 11 is 3.52. The first kappa shape index (κ1) is 37.0. The summed E-state index contributed by atoms with van der Waals surface area (Å²) in [7, 11) is -2.87. The van der Waals surface area contributed by atoms with Crippen molar-refractivity contribution in [3.05, 3.63) is 106 Å². The van der Waals surface area contributed by atoms with E-state index in [0.717, 1.165) is 59.7 Å². The molecule has 2 saturated heterocycles. The largest absolute Gasteiger partial charge is 0.507 e. The lowest BCUT2D eigenvalue weighted by Crippen LogP contribution is -2.66. The summed E-state index contributed by atoms with van der Waals surface area (Å²) in [5, 5.41) is 12.7. The van der Waals surface area contributed by atoms with Crippen LogP contribution in [0.4, 0.5) is 0 Å². The van der Waals surface area contributed by atoms with Crippen LogP contribution in [0.3, 0.4) is 0 Å². The van der Waals surface area contributed by atoms with Gasteiger partial charge >= 0.3 is 0 Å². The van der Waals surface area contributed by atoms with Gasteiger partial charge in [0.1, 0.15) is 5.75 Å². The topological polar surface area (TPSA) is 76.1 Å². The molecular formula is C44H52BrNO5Si. The van der Waals surface area contributed by atoms with E-state index in [1.807, 2.05) is 18.2 Å². The molecule has 2 heterocycles. The predicted molar refractivity (Wildman–Crippen MR) is 213 cm³/mol. The van der Waals surface area contributed by atoms with Gasteiger partial charge in [0.15, 0.2) is 0 Å². The number of phenols is 1. The van der Waals surface area contributed by atoms with Crippen LogP contribution in [0.15, 0.2) is 100 Å². The van der Waals surface area contributed by atoms with Gasteiger partial charge in [-0.2, -0.15) is 0 Å². The van der Waals surface area contributed by atoms with Crippen molar-refractivity contribution >= 4 is 52.5 Å². The van der Waals surface area contributed by atoms with Crippen LogP contribution in [-0.4, -0.2) is 55.5 Å². The van der Waals surface area contributed by atoms with E-state index in [-0.39, 0.29) is 52.5 Å². The molecule has 4 aliphatic rings. The molecule has 4 atom stereocenters. The van der Waals surface area contributed by atoms with Crippen LogP contribution in [0.25, 0.3) is 6.08 Å². The van der Waals surface area contributed by atoms with Crippen molar-refractivity contribution in [3.63, 3.8) is 0 Å². The summed E-state index contributed by atoms with van der Waals surface area (Å²) in [5.41, 5.74) is 4.23. The fourth-order valence-corrected chi connectivity index (χ4v) is 14.5. The number of rotatable bonds is 10. The summed E-state index contributed by atoms with van der Waals surface area (Å²) in [4.78, 5) is 30.3. The third-order valence-electron chi connectivity index (χ3n) is 12.1. The SMILES string of the molecule is C/C(=C\c1cc(Br)ccc1O)CC[C@H]1OC[C@H]2C1=C(CO[Si](c1ccccc1)(c1ccccc1)C(C)(C)C)C[C@H]1C(=O)N(C3CCCCC3)C(=O)[C@H]12. The van der Waals surface area contributed by atoms with Gasteiger partial charge in [-0.15, -0.1) is 0 Å². The monoisotopic (exact) mass is 781 g/mol. The van der Waals surface area contributed by atoms with Crippen molar-refractivity contribution in [2.24, 2.45) is 17.8 Å². The highest BCUT2D eigenvalue weighted by Crippen LogP contribution is 2.51. The lowest BCUT2D eigenvalue weighted by atomic mass is 9.69. The number of imide groups is 1. The number of fused-ring (bicyclic) bond motifs is 3.